The highest BCUT2D eigenvalue weighted by atomic mass is 32.1. The number of rotatable bonds is 6. The molecule has 0 saturated heterocycles. The molecule has 0 radical (unpaired) electrons. The van der Waals surface area contributed by atoms with Crippen molar-refractivity contribution in [3.8, 4) is 5.75 Å². The molecule has 0 amide bonds. The van der Waals surface area contributed by atoms with Crippen LogP contribution in [0, 0.1) is 0 Å². The minimum atomic E-state index is -1.19. The molecule has 1 aromatic rings. The van der Waals surface area contributed by atoms with Crippen LogP contribution in [0.25, 0.3) is 0 Å². The Hall–Kier alpha value is -2.35. The molecule has 0 aromatic heterocycles. The summed E-state index contributed by atoms with van der Waals surface area (Å²) in [6.45, 7) is 0. The number of aliphatic carboxylic acids is 2. The van der Waals surface area contributed by atoms with Crippen LogP contribution in [-0.2, 0) is 9.59 Å². The first-order chi connectivity index (χ1) is 9.38. The highest BCUT2D eigenvalue weighted by molar-refractivity contribution is 7.80. The van der Waals surface area contributed by atoms with Gasteiger partial charge in [0.15, 0.2) is 5.11 Å². The first-order valence-electron chi connectivity index (χ1n) is 5.69. The van der Waals surface area contributed by atoms with Gasteiger partial charge in [-0.3, -0.25) is 4.79 Å². The molecule has 0 aliphatic heterocycles. The van der Waals surface area contributed by atoms with Gasteiger partial charge in [0.25, 0.3) is 0 Å². The summed E-state index contributed by atoms with van der Waals surface area (Å²) in [7, 11) is 0. The molecule has 20 heavy (non-hydrogen) atoms. The van der Waals surface area contributed by atoms with Gasteiger partial charge in [-0.2, -0.15) is 0 Å². The molecule has 0 bridgehead atoms. The van der Waals surface area contributed by atoms with Gasteiger partial charge in [0.05, 0.1) is 0 Å². The van der Waals surface area contributed by atoms with Gasteiger partial charge in [0.1, 0.15) is 11.8 Å². The third-order valence-corrected chi connectivity index (χ3v) is 2.57. The first-order valence-corrected chi connectivity index (χ1v) is 6.10. The average molecular weight is 298 g/mol. The van der Waals surface area contributed by atoms with Crippen LogP contribution in [0.15, 0.2) is 24.3 Å². The average Bonchev–Trinajstić information content (AvgIpc) is 2.33. The molecule has 0 heterocycles. The molecule has 0 saturated carbocycles. The molecular formula is C12H14N2O5S. The maximum absolute atomic E-state index is 11.0. The molecule has 1 atom stereocenters. The largest absolute Gasteiger partial charge is 0.508 e. The monoisotopic (exact) mass is 298 g/mol. The van der Waals surface area contributed by atoms with Crippen LogP contribution in [0.1, 0.15) is 12.8 Å². The lowest BCUT2D eigenvalue weighted by molar-refractivity contribution is -0.140. The molecule has 7 nitrogen and oxygen atoms in total. The minimum absolute atomic E-state index is 0.0355. The second-order valence-corrected chi connectivity index (χ2v) is 4.38. The Morgan fingerprint density at radius 3 is 2.55 bits per heavy atom. The van der Waals surface area contributed by atoms with Gasteiger partial charge in [-0.1, -0.05) is 6.07 Å². The predicted octanol–water partition coefficient (Wildman–Crippen LogP) is 0.997. The van der Waals surface area contributed by atoms with E-state index in [1.807, 2.05) is 0 Å². The summed E-state index contributed by atoms with van der Waals surface area (Å²) in [4.78, 5) is 21.4. The van der Waals surface area contributed by atoms with Crippen molar-refractivity contribution in [1.82, 2.24) is 5.32 Å². The lowest BCUT2D eigenvalue weighted by Crippen LogP contribution is -2.43. The lowest BCUT2D eigenvalue weighted by Gasteiger charge is -2.16. The van der Waals surface area contributed by atoms with Gasteiger partial charge in [-0.05, 0) is 30.8 Å². The Morgan fingerprint density at radius 1 is 1.30 bits per heavy atom. The Bertz CT molecular complexity index is 520. The van der Waals surface area contributed by atoms with Crippen molar-refractivity contribution in [2.24, 2.45) is 0 Å². The van der Waals surface area contributed by atoms with Crippen LogP contribution < -0.4 is 10.6 Å². The van der Waals surface area contributed by atoms with Crippen LogP contribution in [0.2, 0.25) is 0 Å². The quantitative estimate of drug-likeness (QED) is 0.493. The standard InChI is InChI=1S/C12H14N2O5S/c15-8-3-1-2-7(6-8)13-12(20)14-9(11(18)19)4-5-10(16)17/h1-3,6,9,15H,4-5H2,(H,16,17)(H,18,19)(H2,13,14,20)/t9-/m0/s1. The summed E-state index contributed by atoms with van der Waals surface area (Å²) in [5, 5.41) is 32.0. The molecule has 8 heteroatoms. The van der Waals surface area contributed by atoms with Gasteiger partial charge in [-0.25, -0.2) is 4.79 Å². The van der Waals surface area contributed by atoms with Crippen molar-refractivity contribution in [2.45, 2.75) is 18.9 Å². The smallest absolute Gasteiger partial charge is 0.326 e. The van der Waals surface area contributed by atoms with E-state index in [1.54, 1.807) is 12.1 Å². The van der Waals surface area contributed by atoms with Crippen LogP contribution in [0.5, 0.6) is 5.75 Å². The Balaban J connectivity index is 2.57. The summed E-state index contributed by atoms with van der Waals surface area (Å²) in [6.07, 6.45) is -0.370. The maximum atomic E-state index is 11.0. The van der Waals surface area contributed by atoms with Gasteiger partial charge in [0.2, 0.25) is 0 Å². The fourth-order valence-corrected chi connectivity index (χ4v) is 1.69. The number of phenols is 1. The van der Waals surface area contributed by atoms with E-state index in [0.717, 1.165) is 0 Å². The Kier molecular flexibility index (Phi) is 5.73. The van der Waals surface area contributed by atoms with E-state index in [1.165, 1.54) is 12.1 Å². The SMILES string of the molecule is O=C(O)CC[C@H](NC(=S)Nc1cccc(O)c1)C(=O)O. The van der Waals surface area contributed by atoms with Crippen LogP contribution in [0.3, 0.4) is 0 Å². The number of hydrogen-bond acceptors (Lipinski definition) is 4. The predicted molar refractivity (Wildman–Crippen MR) is 75.8 cm³/mol. The van der Waals surface area contributed by atoms with Gasteiger partial charge in [-0.15, -0.1) is 0 Å². The number of phenolic OH excluding ortho intramolecular Hbond substituents is 1. The third-order valence-electron chi connectivity index (χ3n) is 2.35. The molecule has 0 aliphatic carbocycles. The van der Waals surface area contributed by atoms with Crippen molar-refractivity contribution in [2.75, 3.05) is 5.32 Å². The lowest BCUT2D eigenvalue weighted by atomic mass is 10.1. The molecule has 0 spiro atoms. The Morgan fingerprint density at radius 2 is 2.00 bits per heavy atom. The van der Waals surface area contributed by atoms with E-state index in [-0.39, 0.29) is 23.7 Å². The zero-order valence-corrected chi connectivity index (χ0v) is 11.2. The summed E-state index contributed by atoms with van der Waals surface area (Å²) in [5.41, 5.74) is 0.491. The topological polar surface area (TPSA) is 119 Å². The van der Waals surface area contributed by atoms with Gasteiger partial charge in [0, 0.05) is 18.2 Å². The van der Waals surface area contributed by atoms with Gasteiger partial charge < -0.3 is 26.0 Å². The zero-order valence-electron chi connectivity index (χ0n) is 10.4. The number of anilines is 1. The van der Waals surface area contributed by atoms with Crippen molar-refractivity contribution in [3.63, 3.8) is 0 Å². The van der Waals surface area contributed by atoms with Crippen LogP contribution in [0.4, 0.5) is 5.69 Å². The summed E-state index contributed by atoms with van der Waals surface area (Å²) in [5.74, 6) is -2.23. The second-order valence-electron chi connectivity index (χ2n) is 3.97. The van der Waals surface area contributed by atoms with Crippen LogP contribution in [-0.4, -0.2) is 38.4 Å². The maximum Gasteiger partial charge on any atom is 0.326 e. The number of benzene rings is 1. The minimum Gasteiger partial charge on any atom is -0.508 e. The summed E-state index contributed by atoms with van der Waals surface area (Å²) in [6, 6.07) is 5.04. The molecule has 1 rings (SSSR count). The molecule has 1 aromatic carbocycles. The highest BCUT2D eigenvalue weighted by Crippen LogP contribution is 2.15. The summed E-state index contributed by atoms with van der Waals surface area (Å²) < 4.78 is 0. The number of carbonyl (C=O) groups is 2. The van der Waals surface area contributed by atoms with E-state index in [4.69, 9.17) is 22.4 Å². The summed E-state index contributed by atoms with van der Waals surface area (Å²) >= 11 is 4.94. The van der Waals surface area contributed by atoms with E-state index < -0.39 is 18.0 Å². The van der Waals surface area contributed by atoms with E-state index in [0.29, 0.717) is 5.69 Å². The number of nitrogens with one attached hydrogen (secondary N) is 2. The van der Waals surface area contributed by atoms with E-state index in [9.17, 15) is 14.7 Å². The fourth-order valence-electron chi connectivity index (χ4n) is 1.43. The molecule has 0 aliphatic rings. The second kappa shape index (κ2) is 7.29. The molecule has 0 fully saturated rings. The number of hydrogen-bond donors (Lipinski definition) is 5. The molecular weight excluding hydrogens is 284 g/mol. The number of carboxylic acid groups (broad SMARTS) is 2. The first kappa shape index (κ1) is 15.7. The van der Waals surface area contributed by atoms with Crippen molar-refractivity contribution in [3.05, 3.63) is 24.3 Å². The molecule has 5 N–H and O–H groups in total. The molecule has 108 valence electrons. The van der Waals surface area contributed by atoms with Crippen molar-refractivity contribution >= 4 is 35.0 Å². The number of aromatic hydroxyl groups is 1. The Labute approximate surface area is 120 Å². The number of thiocarbonyl (C=S) groups is 1. The van der Waals surface area contributed by atoms with Crippen molar-refractivity contribution in [1.29, 1.82) is 0 Å². The normalized spacial score (nSPS) is 11.4. The zero-order chi connectivity index (χ0) is 15.1. The van der Waals surface area contributed by atoms with Crippen LogP contribution >= 0.6 is 12.2 Å². The van der Waals surface area contributed by atoms with Crippen molar-refractivity contribution < 1.29 is 24.9 Å². The highest BCUT2D eigenvalue weighted by Gasteiger charge is 2.19. The van der Waals surface area contributed by atoms with Gasteiger partial charge >= 0.3 is 11.9 Å². The third kappa shape index (κ3) is 5.53. The van der Waals surface area contributed by atoms with E-state index >= 15 is 0 Å². The fraction of sp³-hybridized carbons (Fsp3) is 0.250. The number of carboxylic acids is 2. The molecule has 0 unspecified atom stereocenters. The van der Waals surface area contributed by atoms with E-state index in [2.05, 4.69) is 10.6 Å².